The van der Waals surface area contributed by atoms with Gasteiger partial charge in [0.15, 0.2) is 11.5 Å². The van der Waals surface area contributed by atoms with Gasteiger partial charge in [-0.25, -0.2) is 4.79 Å². The summed E-state index contributed by atoms with van der Waals surface area (Å²) in [7, 11) is 0. The van der Waals surface area contributed by atoms with Crippen LogP contribution in [0.15, 0.2) is 115 Å². The topological polar surface area (TPSA) is 112 Å². The average Bonchev–Trinajstić information content (AvgIpc) is 3.59. The molecule has 0 radical (unpaired) electrons. The molecule has 4 amide bonds. The summed E-state index contributed by atoms with van der Waals surface area (Å²) in [4.78, 5) is 35.9. The molecule has 0 saturated carbocycles. The molecule has 446 valence electrons. The Morgan fingerprint density at radius 3 is 1.12 bits per heavy atom. The van der Waals surface area contributed by atoms with Gasteiger partial charge in [0.25, 0.3) is 11.8 Å². The lowest BCUT2D eigenvalue weighted by molar-refractivity contribution is -0.123. The van der Waals surface area contributed by atoms with Gasteiger partial charge in [-0.3, -0.25) is 20.2 Å². The fraction of sp³-hybridized carbons (Fsp3) is 0.500. The fourth-order valence-corrected chi connectivity index (χ4v) is 11.2. The Morgan fingerprint density at radius 1 is 0.349 bits per heavy atom. The molecule has 0 atom stereocenters. The number of imide groups is 2. The molecule has 2 N–H and O–H groups in total. The van der Waals surface area contributed by atoms with Gasteiger partial charge in [-0.15, -0.1) is 0 Å². The van der Waals surface area contributed by atoms with Crippen molar-refractivity contribution in [3.63, 3.8) is 0 Å². The van der Waals surface area contributed by atoms with Crippen LogP contribution in [0.25, 0.3) is 49.9 Å². The van der Waals surface area contributed by atoms with Crippen LogP contribution >= 0.6 is 0 Å². The summed E-state index contributed by atoms with van der Waals surface area (Å²) in [5.74, 6) is 1.64. The van der Waals surface area contributed by atoms with Crippen molar-refractivity contribution in [2.24, 2.45) is 0 Å². The molecule has 83 heavy (non-hydrogen) atoms. The highest BCUT2D eigenvalue weighted by atomic mass is 16.5. The van der Waals surface area contributed by atoms with E-state index in [9.17, 15) is 14.4 Å². The molecule has 0 spiro atoms. The molecular formula is C74H98N2O7. The second kappa shape index (κ2) is 36.9. The predicted octanol–water partition coefficient (Wildman–Crippen LogP) is 20.6. The Kier molecular flexibility index (Phi) is 28.4. The maximum Gasteiger partial charge on any atom is 0.328 e. The van der Waals surface area contributed by atoms with E-state index in [0.717, 1.165) is 91.6 Å². The molecule has 0 aliphatic carbocycles. The Labute approximate surface area is 498 Å². The highest BCUT2D eigenvalue weighted by molar-refractivity contribution is 6.31. The summed E-state index contributed by atoms with van der Waals surface area (Å²) >= 11 is 0. The number of hydrogen-bond acceptors (Lipinski definition) is 7. The van der Waals surface area contributed by atoms with Crippen molar-refractivity contribution in [1.82, 2.24) is 10.6 Å². The lowest BCUT2D eigenvalue weighted by Gasteiger charge is -2.19. The molecule has 0 bridgehead atoms. The SMILES string of the molecule is CCCCCCCCCCCCOc1cc(COc2ccc(-c3ccc4cc5cc(-c6ccc(C=C7C(=O)NC(=O)NC7=O)cc6)ccc5cc4c3)cc2)cc(OCCCCCCCCCCCC)c1OCCCCCCCCCCCC. The Balaban J connectivity index is 0.992. The minimum atomic E-state index is -0.814. The number of fused-ring (bicyclic) bond motifs is 2. The molecule has 7 rings (SSSR count). The average molecular weight is 1130 g/mol. The summed E-state index contributed by atoms with van der Waals surface area (Å²) in [6.07, 6.45) is 40.0. The molecule has 9 heteroatoms. The van der Waals surface area contributed by atoms with E-state index in [0.29, 0.717) is 32.0 Å². The van der Waals surface area contributed by atoms with E-state index >= 15 is 0 Å². The van der Waals surface area contributed by atoms with Crippen molar-refractivity contribution < 1.29 is 33.3 Å². The number of hydrogen-bond donors (Lipinski definition) is 2. The first kappa shape index (κ1) is 64.0. The highest BCUT2D eigenvalue weighted by Crippen LogP contribution is 2.40. The van der Waals surface area contributed by atoms with Gasteiger partial charge in [0.1, 0.15) is 17.9 Å². The van der Waals surface area contributed by atoms with Crippen LogP contribution < -0.4 is 29.6 Å². The predicted molar refractivity (Wildman–Crippen MR) is 345 cm³/mol. The van der Waals surface area contributed by atoms with Gasteiger partial charge < -0.3 is 18.9 Å². The normalized spacial score (nSPS) is 12.5. The van der Waals surface area contributed by atoms with Gasteiger partial charge >= 0.3 is 6.03 Å². The van der Waals surface area contributed by atoms with Crippen molar-refractivity contribution in [3.05, 3.63) is 126 Å². The van der Waals surface area contributed by atoms with Gasteiger partial charge in [0.05, 0.1) is 19.8 Å². The van der Waals surface area contributed by atoms with E-state index < -0.39 is 17.8 Å². The third-order valence-electron chi connectivity index (χ3n) is 16.2. The van der Waals surface area contributed by atoms with E-state index in [1.807, 2.05) is 24.3 Å². The number of nitrogens with one attached hydrogen (secondary N) is 2. The maximum atomic E-state index is 12.2. The van der Waals surface area contributed by atoms with Crippen molar-refractivity contribution in [2.45, 2.75) is 220 Å². The fourth-order valence-electron chi connectivity index (χ4n) is 11.2. The summed E-state index contributed by atoms with van der Waals surface area (Å²) in [6.45, 7) is 9.18. The second-order valence-corrected chi connectivity index (χ2v) is 23.2. The Morgan fingerprint density at radius 2 is 0.711 bits per heavy atom. The van der Waals surface area contributed by atoms with E-state index in [-0.39, 0.29) is 5.57 Å². The first-order chi connectivity index (χ1) is 40.8. The summed E-state index contributed by atoms with van der Waals surface area (Å²) in [5.41, 5.74) is 5.87. The van der Waals surface area contributed by atoms with Crippen molar-refractivity contribution >= 4 is 45.5 Å². The zero-order chi connectivity index (χ0) is 58.1. The summed E-state index contributed by atoms with van der Waals surface area (Å²) in [5, 5.41) is 8.81. The quantitative estimate of drug-likeness (QED) is 0.0170. The van der Waals surface area contributed by atoms with Gasteiger partial charge in [-0.05, 0) is 129 Å². The molecule has 1 aliphatic rings. The van der Waals surface area contributed by atoms with Crippen molar-refractivity contribution in [3.8, 4) is 45.3 Å². The van der Waals surface area contributed by atoms with Gasteiger partial charge in [-0.1, -0.05) is 255 Å². The van der Waals surface area contributed by atoms with Gasteiger partial charge in [0.2, 0.25) is 5.75 Å². The maximum absolute atomic E-state index is 12.2. The number of ether oxygens (including phenoxy) is 4. The number of urea groups is 1. The Bertz CT molecular complexity index is 2860. The number of benzene rings is 6. The van der Waals surface area contributed by atoms with Crippen molar-refractivity contribution in [2.75, 3.05) is 19.8 Å². The first-order valence-electron chi connectivity index (χ1n) is 32.6. The molecule has 0 unspecified atom stereocenters. The molecule has 6 aromatic carbocycles. The number of rotatable bonds is 42. The number of amides is 4. The third-order valence-corrected chi connectivity index (χ3v) is 16.2. The lowest BCUT2D eigenvalue weighted by Crippen LogP contribution is -2.51. The molecule has 0 aromatic heterocycles. The number of carbonyl (C=O) groups excluding carboxylic acids is 3. The standard InChI is InChI=1S/C74H98N2O7/c1-4-7-10-13-16-19-22-25-28-31-46-80-69-50-58(51-70(81-47-32-29-26-23-20-17-14-11-8-5-2)71(69)82-48-33-30-27-24-21-18-15-12-9-6-3)56-83-67-44-42-60(43-45-67)62-39-41-64-54-65-52-61(38-40-63(65)55-66(64)53-62)59-36-34-57(35-37-59)49-68-72(77)75-74(79)76-73(68)78/h34-45,49-55H,4-33,46-48,56H2,1-3H3,(H2,75,76,77,78,79). The van der Waals surface area contributed by atoms with Gasteiger partial charge in [0, 0.05) is 0 Å². The highest BCUT2D eigenvalue weighted by Gasteiger charge is 2.27. The van der Waals surface area contributed by atoms with Crippen LogP contribution in [0.5, 0.6) is 23.0 Å². The first-order valence-corrected chi connectivity index (χ1v) is 32.6. The van der Waals surface area contributed by atoms with Gasteiger partial charge in [-0.2, -0.15) is 0 Å². The lowest BCUT2D eigenvalue weighted by atomic mass is 9.96. The largest absolute Gasteiger partial charge is 0.490 e. The van der Waals surface area contributed by atoms with Crippen LogP contribution in [0.4, 0.5) is 4.79 Å². The molecular weight excluding hydrogens is 1030 g/mol. The zero-order valence-electron chi connectivity index (χ0n) is 50.9. The molecule has 1 heterocycles. The molecule has 1 aliphatic heterocycles. The van der Waals surface area contributed by atoms with E-state index in [1.165, 1.54) is 179 Å². The van der Waals surface area contributed by atoms with Crippen LogP contribution in [0.3, 0.4) is 0 Å². The van der Waals surface area contributed by atoms with Crippen LogP contribution in [0, 0.1) is 0 Å². The third kappa shape index (κ3) is 22.2. The number of barbiturate groups is 1. The molecule has 9 nitrogen and oxygen atoms in total. The summed E-state index contributed by atoms with van der Waals surface area (Å²) in [6, 6.07) is 37.0. The molecule has 1 saturated heterocycles. The van der Waals surface area contributed by atoms with E-state index in [1.54, 1.807) is 0 Å². The van der Waals surface area contributed by atoms with Crippen LogP contribution in [-0.2, 0) is 16.2 Å². The summed E-state index contributed by atoms with van der Waals surface area (Å²) < 4.78 is 26.6. The Hall–Kier alpha value is -6.61. The van der Waals surface area contributed by atoms with E-state index in [4.69, 9.17) is 18.9 Å². The zero-order valence-corrected chi connectivity index (χ0v) is 50.9. The van der Waals surface area contributed by atoms with Crippen molar-refractivity contribution in [1.29, 1.82) is 0 Å². The number of unbranched alkanes of at least 4 members (excludes halogenated alkanes) is 27. The van der Waals surface area contributed by atoms with Crippen LogP contribution in [0.2, 0.25) is 0 Å². The molecule has 1 fully saturated rings. The minimum absolute atomic E-state index is 0.110. The smallest absolute Gasteiger partial charge is 0.328 e. The monoisotopic (exact) mass is 1130 g/mol. The van der Waals surface area contributed by atoms with Crippen LogP contribution in [-0.4, -0.2) is 37.7 Å². The molecule has 6 aromatic rings. The number of carbonyl (C=O) groups is 3. The van der Waals surface area contributed by atoms with Crippen LogP contribution in [0.1, 0.15) is 225 Å². The second-order valence-electron chi connectivity index (χ2n) is 23.2. The van der Waals surface area contributed by atoms with E-state index in [2.05, 4.69) is 116 Å². The minimum Gasteiger partial charge on any atom is -0.490 e.